The van der Waals surface area contributed by atoms with E-state index < -0.39 is 0 Å². The number of furan rings is 1. The third-order valence-corrected chi connectivity index (χ3v) is 5.21. The standard InChI is InChI=1S/C22H28FN3O3/c1-14(2)25-22(28)26-13-17(21(27)24-12-18-5-4-10-29-18)7-9-20(26)16-6-8-19(23)15(3)11-16/h4-6,8,10-11,14,17,20H,7,9,12-13H2,1-3H3,(H,24,27)(H,25,28). The molecule has 1 aromatic heterocycles. The number of nitrogens with zero attached hydrogens (tertiary/aromatic N) is 1. The summed E-state index contributed by atoms with van der Waals surface area (Å²) >= 11 is 0. The third-order valence-electron chi connectivity index (χ3n) is 5.21. The summed E-state index contributed by atoms with van der Waals surface area (Å²) < 4.78 is 19.0. The van der Waals surface area contributed by atoms with Crippen LogP contribution in [0.1, 0.15) is 49.6 Å². The van der Waals surface area contributed by atoms with Crippen LogP contribution in [-0.2, 0) is 11.3 Å². The van der Waals surface area contributed by atoms with Crippen LogP contribution in [0, 0.1) is 18.7 Å². The Hall–Kier alpha value is -2.83. The van der Waals surface area contributed by atoms with Gasteiger partial charge < -0.3 is 20.0 Å². The molecule has 1 aliphatic heterocycles. The molecule has 2 heterocycles. The molecule has 1 aliphatic rings. The summed E-state index contributed by atoms with van der Waals surface area (Å²) in [6.07, 6.45) is 2.85. The van der Waals surface area contributed by atoms with Gasteiger partial charge in [-0.15, -0.1) is 0 Å². The minimum absolute atomic E-state index is 0.0220. The van der Waals surface area contributed by atoms with Gasteiger partial charge in [0.05, 0.1) is 24.8 Å². The van der Waals surface area contributed by atoms with Crippen LogP contribution >= 0.6 is 0 Å². The lowest BCUT2D eigenvalue weighted by molar-refractivity contribution is -0.127. The number of aryl methyl sites for hydroxylation is 1. The Morgan fingerprint density at radius 1 is 1.28 bits per heavy atom. The van der Waals surface area contributed by atoms with Gasteiger partial charge in [0.2, 0.25) is 5.91 Å². The van der Waals surface area contributed by atoms with Crippen LogP contribution in [0.3, 0.4) is 0 Å². The van der Waals surface area contributed by atoms with E-state index in [4.69, 9.17) is 4.42 Å². The second-order valence-electron chi connectivity index (χ2n) is 7.85. The van der Waals surface area contributed by atoms with E-state index in [1.54, 1.807) is 42.4 Å². The van der Waals surface area contributed by atoms with Crippen molar-refractivity contribution in [2.24, 2.45) is 5.92 Å². The van der Waals surface area contributed by atoms with Gasteiger partial charge in [-0.2, -0.15) is 0 Å². The molecule has 0 bridgehead atoms. The molecule has 1 fully saturated rings. The van der Waals surface area contributed by atoms with Gasteiger partial charge in [0.1, 0.15) is 11.6 Å². The number of piperidine rings is 1. The largest absolute Gasteiger partial charge is 0.467 e. The molecule has 0 aliphatic carbocycles. The molecule has 2 unspecified atom stereocenters. The van der Waals surface area contributed by atoms with Crippen LogP contribution in [0.4, 0.5) is 9.18 Å². The monoisotopic (exact) mass is 401 g/mol. The van der Waals surface area contributed by atoms with Gasteiger partial charge in [-0.1, -0.05) is 12.1 Å². The average Bonchev–Trinajstić information content (AvgIpc) is 3.21. The molecule has 2 aromatic rings. The fourth-order valence-corrected chi connectivity index (χ4v) is 3.69. The molecule has 1 aromatic carbocycles. The lowest BCUT2D eigenvalue weighted by Gasteiger charge is -2.40. The maximum absolute atomic E-state index is 13.7. The Balaban J connectivity index is 1.74. The number of carbonyl (C=O) groups is 2. The molecule has 3 rings (SSSR count). The van der Waals surface area contributed by atoms with Crippen molar-refractivity contribution in [3.05, 3.63) is 59.3 Å². The van der Waals surface area contributed by atoms with E-state index in [1.807, 2.05) is 13.8 Å². The lowest BCUT2D eigenvalue weighted by atomic mass is 9.88. The van der Waals surface area contributed by atoms with Gasteiger partial charge in [-0.05, 0) is 62.9 Å². The molecule has 1 saturated heterocycles. The summed E-state index contributed by atoms with van der Waals surface area (Å²) in [5.41, 5.74) is 1.43. The van der Waals surface area contributed by atoms with E-state index in [2.05, 4.69) is 10.6 Å². The average molecular weight is 401 g/mol. The van der Waals surface area contributed by atoms with Gasteiger partial charge in [-0.25, -0.2) is 9.18 Å². The van der Waals surface area contributed by atoms with Gasteiger partial charge in [-0.3, -0.25) is 4.79 Å². The Kier molecular flexibility index (Phi) is 6.56. The number of likely N-dealkylation sites (tertiary alicyclic amines) is 1. The first-order valence-electron chi connectivity index (χ1n) is 9.98. The second-order valence-corrected chi connectivity index (χ2v) is 7.85. The summed E-state index contributed by atoms with van der Waals surface area (Å²) in [6, 6.07) is 8.09. The van der Waals surface area contributed by atoms with Crippen LogP contribution in [0.25, 0.3) is 0 Å². The highest BCUT2D eigenvalue weighted by molar-refractivity contribution is 5.81. The first-order valence-corrected chi connectivity index (χ1v) is 9.98. The smallest absolute Gasteiger partial charge is 0.318 e. The second kappa shape index (κ2) is 9.11. The highest BCUT2D eigenvalue weighted by Crippen LogP contribution is 2.34. The van der Waals surface area contributed by atoms with E-state index in [0.29, 0.717) is 37.3 Å². The minimum atomic E-state index is -0.305. The van der Waals surface area contributed by atoms with Gasteiger partial charge in [0.15, 0.2) is 0 Å². The maximum atomic E-state index is 13.7. The van der Waals surface area contributed by atoms with E-state index in [9.17, 15) is 14.0 Å². The van der Waals surface area contributed by atoms with Crippen LogP contribution in [0.2, 0.25) is 0 Å². The molecule has 2 atom stereocenters. The molecule has 0 spiro atoms. The number of benzene rings is 1. The van der Waals surface area contributed by atoms with Crippen molar-refractivity contribution in [1.29, 1.82) is 0 Å². The van der Waals surface area contributed by atoms with Gasteiger partial charge in [0.25, 0.3) is 0 Å². The highest BCUT2D eigenvalue weighted by atomic mass is 19.1. The van der Waals surface area contributed by atoms with Gasteiger partial charge >= 0.3 is 6.03 Å². The Morgan fingerprint density at radius 2 is 2.07 bits per heavy atom. The van der Waals surface area contributed by atoms with Crippen LogP contribution in [0.5, 0.6) is 0 Å². The van der Waals surface area contributed by atoms with Crippen molar-refractivity contribution in [3.63, 3.8) is 0 Å². The molecule has 0 saturated carbocycles. The molecule has 7 heteroatoms. The lowest BCUT2D eigenvalue weighted by Crippen LogP contribution is -2.51. The fourth-order valence-electron chi connectivity index (χ4n) is 3.69. The van der Waals surface area contributed by atoms with E-state index in [1.165, 1.54) is 6.07 Å². The van der Waals surface area contributed by atoms with Crippen molar-refractivity contribution >= 4 is 11.9 Å². The van der Waals surface area contributed by atoms with E-state index in [-0.39, 0.29) is 35.8 Å². The molecule has 156 valence electrons. The summed E-state index contributed by atoms with van der Waals surface area (Å²) in [4.78, 5) is 27.2. The molecule has 3 amide bonds. The van der Waals surface area contributed by atoms with Gasteiger partial charge in [0, 0.05) is 12.6 Å². The van der Waals surface area contributed by atoms with Crippen molar-refractivity contribution < 1.29 is 18.4 Å². The summed E-state index contributed by atoms with van der Waals surface area (Å²) in [5.74, 6) is 0.0132. The normalized spacial score (nSPS) is 19.3. The number of halogens is 1. The summed E-state index contributed by atoms with van der Waals surface area (Å²) in [6.45, 7) is 6.13. The van der Waals surface area contributed by atoms with E-state index >= 15 is 0 Å². The minimum Gasteiger partial charge on any atom is -0.467 e. The Labute approximate surface area is 170 Å². The number of nitrogens with one attached hydrogen (secondary N) is 2. The number of hydrogen-bond acceptors (Lipinski definition) is 3. The number of hydrogen-bond donors (Lipinski definition) is 2. The highest BCUT2D eigenvalue weighted by Gasteiger charge is 2.36. The first-order chi connectivity index (χ1) is 13.8. The topological polar surface area (TPSA) is 74.6 Å². The van der Waals surface area contributed by atoms with Crippen molar-refractivity contribution in [2.75, 3.05) is 6.54 Å². The molecular formula is C22H28FN3O3. The van der Waals surface area contributed by atoms with Crippen LogP contribution in [-0.4, -0.2) is 29.4 Å². The molecule has 0 radical (unpaired) electrons. The molecule has 6 nitrogen and oxygen atoms in total. The quantitative estimate of drug-likeness (QED) is 0.798. The Bertz CT molecular complexity index is 851. The van der Waals surface area contributed by atoms with Crippen molar-refractivity contribution in [1.82, 2.24) is 15.5 Å². The Morgan fingerprint density at radius 3 is 2.72 bits per heavy atom. The fraction of sp³-hybridized carbons (Fsp3) is 0.455. The third kappa shape index (κ3) is 5.16. The maximum Gasteiger partial charge on any atom is 0.318 e. The van der Waals surface area contributed by atoms with Crippen LogP contribution in [0.15, 0.2) is 41.0 Å². The van der Waals surface area contributed by atoms with Crippen LogP contribution < -0.4 is 10.6 Å². The SMILES string of the molecule is Cc1cc(C2CCC(C(=O)NCc3ccco3)CN2C(=O)NC(C)C)ccc1F. The van der Waals surface area contributed by atoms with E-state index in [0.717, 1.165) is 5.56 Å². The predicted octanol–water partition coefficient (Wildman–Crippen LogP) is 3.91. The number of carbonyl (C=O) groups excluding carboxylic acids is 2. The zero-order chi connectivity index (χ0) is 21.0. The zero-order valence-corrected chi connectivity index (χ0v) is 17.1. The molecule has 2 N–H and O–H groups in total. The number of rotatable bonds is 5. The number of urea groups is 1. The predicted molar refractivity (Wildman–Crippen MR) is 108 cm³/mol. The first kappa shape index (κ1) is 20.9. The summed E-state index contributed by atoms with van der Waals surface area (Å²) in [5, 5.41) is 5.80. The molecule has 29 heavy (non-hydrogen) atoms. The van der Waals surface area contributed by atoms with Crippen molar-refractivity contribution in [2.45, 2.75) is 52.2 Å². The number of amides is 3. The summed E-state index contributed by atoms with van der Waals surface area (Å²) in [7, 11) is 0. The zero-order valence-electron chi connectivity index (χ0n) is 17.1. The molecular weight excluding hydrogens is 373 g/mol. The van der Waals surface area contributed by atoms with Crippen molar-refractivity contribution in [3.8, 4) is 0 Å².